The van der Waals surface area contributed by atoms with Crippen molar-refractivity contribution in [2.24, 2.45) is 0 Å². The molecule has 0 spiro atoms. The van der Waals surface area contributed by atoms with E-state index < -0.39 is 0 Å². The Balaban J connectivity index is 1.55. The summed E-state index contributed by atoms with van der Waals surface area (Å²) in [5, 5.41) is 17.3. The Morgan fingerprint density at radius 3 is 2.47 bits per heavy atom. The van der Waals surface area contributed by atoms with Crippen LogP contribution in [0.4, 0.5) is 0 Å². The van der Waals surface area contributed by atoms with Gasteiger partial charge in [0.05, 0.1) is 11.1 Å². The van der Waals surface area contributed by atoms with E-state index in [4.69, 9.17) is 9.72 Å². The van der Waals surface area contributed by atoms with Gasteiger partial charge in [-0.05, 0) is 34.5 Å². The predicted molar refractivity (Wildman–Crippen MR) is 129 cm³/mol. The van der Waals surface area contributed by atoms with Crippen molar-refractivity contribution >= 4 is 16.4 Å². The monoisotopic (exact) mass is 442 g/mol. The molecule has 2 aromatic heterocycles. The number of nitrogens with zero attached hydrogens (tertiary/aromatic N) is 4. The molecule has 162 valence electrons. The van der Waals surface area contributed by atoms with Crippen molar-refractivity contribution in [3.63, 3.8) is 0 Å². The molecule has 0 aliphatic carbocycles. The van der Waals surface area contributed by atoms with Crippen LogP contribution in [0, 0.1) is 0 Å². The third-order valence-electron chi connectivity index (χ3n) is 6.38. The Morgan fingerprint density at radius 1 is 0.794 bits per heavy atom. The summed E-state index contributed by atoms with van der Waals surface area (Å²) in [6.07, 6.45) is 1.61. The van der Waals surface area contributed by atoms with Crippen LogP contribution >= 0.6 is 0 Å². The van der Waals surface area contributed by atoms with Gasteiger partial charge in [0.1, 0.15) is 17.8 Å². The highest BCUT2D eigenvalue weighted by Crippen LogP contribution is 2.50. The lowest BCUT2D eigenvalue weighted by molar-refractivity contribution is 0.433. The van der Waals surface area contributed by atoms with Crippen molar-refractivity contribution < 1.29 is 9.84 Å². The highest BCUT2D eigenvalue weighted by atomic mass is 16.5. The number of fused-ring (bicyclic) bond motifs is 6. The molecule has 1 atom stereocenters. The van der Waals surface area contributed by atoms with E-state index in [1.807, 2.05) is 42.5 Å². The topological polar surface area (TPSA) is 72.5 Å². The van der Waals surface area contributed by atoms with E-state index in [0.29, 0.717) is 22.9 Å². The van der Waals surface area contributed by atoms with Gasteiger partial charge in [0.2, 0.25) is 5.88 Å². The quantitative estimate of drug-likeness (QED) is 0.359. The van der Waals surface area contributed by atoms with Crippen molar-refractivity contribution in [3.8, 4) is 28.8 Å². The number of hydrogen-bond donors (Lipinski definition) is 1. The molecule has 1 aliphatic heterocycles. The first kappa shape index (κ1) is 18.8. The third kappa shape index (κ3) is 2.72. The summed E-state index contributed by atoms with van der Waals surface area (Å²) in [4.78, 5) is 9.46. The number of ether oxygens (including phenoxy) is 1. The normalized spacial score (nSPS) is 14.5. The molecule has 0 saturated carbocycles. The van der Waals surface area contributed by atoms with Crippen LogP contribution in [0.15, 0.2) is 97.3 Å². The minimum Gasteiger partial charge on any atom is -0.507 e. The summed E-state index contributed by atoms with van der Waals surface area (Å²) >= 11 is 0. The van der Waals surface area contributed by atoms with E-state index in [-0.39, 0.29) is 11.7 Å². The third-order valence-corrected chi connectivity index (χ3v) is 6.38. The summed E-state index contributed by atoms with van der Waals surface area (Å²) in [6, 6.07) is 29.8. The van der Waals surface area contributed by atoms with Crippen molar-refractivity contribution in [3.05, 3.63) is 114 Å². The van der Waals surface area contributed by atoms with Crippen LogP contribution in [0.25, 0.3) is 27.8 Å². The van der Waals surface area contributed by atoms with Crippen LogP contribution in [0.3, 0.4) is 0 Å². The minimum atomic E-state index is -0.149. The first-order chi connectivity index (χ1) is 16.8. The zero-order chi connectivity index (χ0) is 22.6. The number of para-hydroxylation sites is 1. The Kier molecular flexibility index (Phi) is 3.96. The molecule has 0 amide bonds. The first-order valence-electron chi connectivity index (χ1n) is 11.1. The molecule has 0 saturated heterocycles. The molecule has 3 heterocycles. The van der Waals surface area contributed by atoms with E-state index in [1.54, 1.807) is 29.0 Å². The Labute approximate surface area is 194 Å². The van der Waals surface area contributed by atoms with Crippen molar-refractivity contribution in [1.82, 2.24) is 19.6 Å². The molecule has 0 unspecified atom stereocenters. The van der Waals surface area contributed by atoms with Gasteiger partial charge < -0.3 is 9.84 Å². The minimum absolute atomic E-state index is 0.132. The van der Waals surface area contributed by atoms with Gasteiger partial charge in [-0.2, -0.15) is 0 Å². The maximum Gasteiger partial charge on any atom is 0.228 e. The second-order valence-electron chi connectivity index (χ2n) is 8.33. The maximum absolute atomic E-state index is 10.4. The maximum atomic E-state index is 10.4. The van der Waals surface area contributed by atoms with Crippen LogP contribution in [-0.4, -0.2) is 24.7 Å². The molecule has 4 aromatic carbocycles. The highest BCUT2D eigenvalue weighted by molar-refractivity contribution is 5.91. The van der Waals surface area contributed by atoms with Crippen LogP contribution in [0.1, 0.15) is 22.6 Å². The van der Waals surface area contributed by atoms with Crippen LogP contribution in [-0.2, 0) is 0 Å². The van der Waals surface area contributed by atoms with Crippen molar-refractivity contribution in [1.29, 1.82) is 0 Å². The van der Waals surface area contributed by atoms with Gasteiger partial charge in [-0.1, -0.05) is 72.8 Å². The molecule has 6 aromatic rings. The van der Waals surface area contributed by atoms with E-state index in [2.05, 4.69) is 40.4 Å². The summed E-state index contributed by atoms with van der Waals surface area (Å²) < 4.78 is 8.01. The van der Waals surface area contributed by atoms with E-state index in [1.165, 1.54) is 0 Å². The van der Waals surface area contributed by atoms with Gasteiger partial charge in [0.25, 0.3) is 0 Å². The second kappa shape index (κ2) is 7.15. The standard InChI is InChI=1S/C28H18N4O2/c33-21-13-7-6-12-20(21)26-30-27-25-23(18-9-2-1-3-10-18)24-19-11-5-4-8-17(19)14-15-22(24)34-28(25)29-16-32(27)31-26/h1-16,23,33H/t23-/m0/s1. The zero-order valence-corrected chi connectivity index (χ0v) is 18.0. The number of phenolic OH excluding ortho intramolecular Hbond substituents is 1. The first-order valence-corrected chi connectivity index (χ1v) is 11.1. The van der Waals surface area contributed by atoms with Crippen LogP contribution in [0.2, 0.25) is 0 Å². The van der Waals surface area contributed by atoms with Crippen LogP contribution < -0.4 is 4.74 Å². The predicted octanol–water partition coefficient (Wildman–Crippen LogP) is 5.94. The number of benzene rings is 4. The number of hydrogen-bond acceptors (Lipinski definition) is 5. The van der Waals surface area contributed by atoms with E-state index >= 15 is 0 Å². The molecule has 1 aliphatic rings. The summed E-state index contributed by atoms with van der Waals surface area (Å²) in [7, 11) is 0. The smallest absolute Gasteiger partial charge is 0.228 e. The number of phenols is 1. The fourth-order valence-corrected chi connectivity index (χ4v) is 4.86. The molecule has 1 N–H and O–H groups in total. The molecule has 0 radical (unpaired) electrons. The number of rotatable bonds is 2. The molecular weight excluding hydrogens is 424 g/mol. The number of aromatic nitrogens is 4. The van der Waals surface area contributed by atoms with E-state index in [0.717, 1.165) is 33.2 Å². The summed E-state index contributed by atoms with van der Waals surface area (Å²) in [5.41, 5.74) is 4.27. The lowest BCUT2D eigenvalue weighted by Gasteiger charge is -2.29. The highest BCUT2D eigenvalue weighted by Gasteiger charge is 2.34. The molecular formula is C28H18N4O2. The summed E-state index contributed by atoms with van der Waals surface area (Å²) in [5.74, 6) is 1.72. The summed E-state index contributed by atoms with van der Waals surface area (Å²) in [6.45, 7) is 0. The molecule has 6 heteroatoms. The van der Waals surface area contributed by atoms with E-state index in [9.17, 15) is 5.11 Å². The van der Waals surface area contributed by atoms with Gasteiger partial charge in [0, 0.05) is 11.5 Å². The largest absolute Gasteiger partial charge is 0.507 e. The fourth-order valence-electron chi connectivity index (χ4n) is 4.86. The Morgan fingerprint density at radius 2 is 1.59 bits per heavy atom. The van der Waals surface area contributed by atoms with Crippen LogP contribution in [0.5, 0.6) is 17.4 Å². The molecule has 0 fully saturated rings. The second-order valence-corrected chi connectivity index (χ2v) is 8.33. The molecule has 6 nitrogen and oxygen atoms in total. The lowest BCUT2D eigenvalue weighted by atomic mass is 9.81. The lowest BCUT2D eigenvalue weighted by Crippen LogP contribution is -2.15. The van der Waals surface area contributed by atoms with Gasteiger partial charge in [-0.25, -0.2) is 14.5 Å². The average Bonchev–Trinajstić information content (AvgIpc) is 3.32. The Bertz CT molecular complexity index is 1710. The fraction of sp³-hybridized carbons (Fsp3) is 0.0357. The van der Waals surface area contributed by atoms with Gasteiger partial charge in [-0.15, -0.1) is 5.10 Å². The average molecular weight is 442 g/mol. The SMILES string of the molecule is Oc1ccccc1-c1nc2c3c(ncn2n1)Oc1ccc2ccccc2c1[C@@H]3c1ccccc1. The van der Waals surface area contributed by atoms with Gasteiger partial charge in [-0.3, -0.25) is 0 Å². The number of aromatic hydroxyl groups is 1. The molecule has 7 rings (SSSR count). The Hall–Kier alpha value is -4.71. The zero-order valence-electron chi connectivity index (χ0n) is 18.0. The van der Waals surface area contributed by atoms with Crippen molar-refractivity contribution in [2.45, 2.75) is 5.92 Å². The van der Waals surface area contributed by atoms with Crippen molar-refractivity contribution in [2.75, 3.05) is 0 Å². The van der Waals surface area contributed by atoms with Gasteiger partial charge in [0.15, 0.2) is 11.5 Å². The van der Waals surface area contributed by atoms with Gasteiger partial charge >= 0.3 is 0 Å². The molecule has 0 bridgehead atoms. The molecule has 34 heavy (non-hydrogen) atoms.